The minimum absolute atomic E-state index is 0.00801. The summed E-state index contributed by atoms with van der Waals surface area (Å²) in [5, 5.41) is 3.83. The fourth-order valence-corrected chi connectivity index (χ4v) is 3.69. The molecule has 25 heavy (non-hydrogen) atoms. The monoisotopic (exact) mass is 345 g/mol. The molecule has 1 saturated carbocycles. The van der Waals surface area contributed by atoms with Gasteiger partial charge in [-0.25, -0.2) is 4.39 Å². The molecule has 4 rings (SSSR count). The maximum absolute atomic E-state index is 14.0. The lowest BCUT2D eigenvalue weighted by Gasteiger charge is -2.22. The minimum Gasteiger partial charge on any atom is -0.380 e. The van der Waals surface area contributed by atoms with Crippen LogP contribution in [0.2, 0.25) is 0 Å². The molecule has 1 amide bonds. The van der Waals surface area contributed by atoms with Crippen molar-refractivity contribution in [2.75, 3.05) is 13.7 Å². The van der Waals surface area contributed by atoms with E-state index in [4.69, 9.17) is 9.26 Å². The Morgan fingerprint density at radius 2 is 2.16 bits per heavy atom. The fraction of sp³-hybridized carbons (Fsp3) is 0.500. The van der Waals surface area contributed by atoms with Crippen LogP contribution in [0.4, 0.5) is 4.39 Å². The first-order chi connectivity index (χ1) is 12.1. The van der Waals surface area contributed by atoms with Crippen molar-refractivity contribution in [2.24, 2.45) is 5.92 Å². The number of carbonyl (C=O) groups is 1. The maximum Gasteiger partial charge on any atom is 0.249 e. The second-order valence-electron chi connectivity index (χ2n) is 6.75. The van der Waals surface area contributed by atoms with Crippen molar-refractivity contribution >= 4 is 5.91 Å². The van der Waals surface area contributed by atoms with Crippen LogP contribution in [0.25, 0.3) is 0 Å². The van der Waals surface area contributed by atoms with Gasteiger partial charge in [0.15, 0.2) is 5.82 Å². The zero-order valence-electron chi connectivity index (χ0n) is 14.2. The number of methoxy groups -OCH3 is 1. The van der Waals surface area contributed by atoms with Crippen LogP contribution in [0.15, 0.2) is 28.8 Å². The maximum atomic E-state index is 14.0. The number of carbonyl (C=O) groups excluding carboxylic acids is 1. The topological polar surface area (TPSA) is 68.5 Å². The quantitative estimate of drug-likeness (QED) is 0.852. The van der Waals surface area contributed by atoms with Crippen molar-refractivity contribution in [1.29, 1.82) is 0 Å². The third-order valence-electron chi connectivity index (χ3n) is 5.12. The lowest BCUT2D eigenvalue weighted by Crippen LogP contribution is -2.33. The van der Waals surface area contributed by atoms with Crippen LogP contribution in [0.3, 0.4) is 0 Å². The van der Waals surface area contributed by atoms with Crippen LogP contribution < -0.4 is 0 Å². The third kappa shape index (κ3) is 2.93. The predicted molar refractivity (Wildman–Crippen MR) is 86.2 cm³/mol. The Kier molecular flexibility index (Phi) is 4.03. The summed E-state index contributed by atoms with van der Waals surface area (Å²) in [5.41, 5.74) is 0.619. The number of hydrogen-bond donors (Lipinski definition) is 0. The minimum atomic E-state index is -0.277. The first-order valence-electron chi connectivity index (χ1n) is 8.46. The number of ether oxygens (including phenoxy) is 1. The molecule has 0 spiro atoms. The molecule has 2 aromatic rings. The largest absolute Gasteiger partial charge is 0.380 e. The molecule has 132 valence electrons. The van der Waals surface area contributed by atoms with E-state index in [1.165, 1.54) is 6.07 Å². The molecular weight excluding hydrogens is 325 g/mol. The van der Waals surface area contributed by atoms with Crippen molar-refractivity contribution in [1.82, 2.24) is 15.0 Å². The van der Waals surface area contributed by atoms with Crippen LogP contribution in [0, 0.1) is 18.7 Å². The Bertz CT molecular complexity index is 793. The van der Waals surface area contributed by atoms with E-state index in [0.29, 0.717) is 36.7 Å². The van der Waals surface area contributed by atoms with Crippen LogP contribution in [0.1, 0.15) is 42.1 Å². The fourth-order valence-electron chi connectivity index (χ4n) is 3.69. The molecule has 1 saturated heterocycles. The van der Waals surface area contributed by atoms with E-state index >= 15 is 0 Å². The summed E-state index contributed by atoms with van der Waals surface area (Å²) in [6.45, 7) is 2.24. The number of aromatic nitrogens is 2. The molecule has 7 heteroatoms. The molecule has 1 aliphatic heterocycles. The van der Waals surface area contributed by atoms with Crippen molar-refractivity contribution < 1.29 is 18.4 Å². The van der Waals surface area contributed by atoms with Gasteiger partial charge in [0.25, 0.3) is 0 Å². The molecule has 2 heterocycles. The molecule has 1 aromatic carbocycles. The summed E-state index contributed by atoms with van der Waals surface area (Å²) in [6, 6.07) is 6.39. The SMILES string of the molecule is CO[C@H]1C[C@H](c2nc(C)no2)N(C(=O)[C@H]2C[C@H]2c2ccccc2F)C1. The summed E-state index contributed by atoms with van der Waals surface area (Å²) in [5.74, 6) is 0.489. The number of aryl methyl sites for hydroxylation is 1. The second-order valence-corrected chi connectivity index (χ2v) is 6.75. The Morgan fingerprint density at radius 1 is 1.36 bits per heavy atom. The molecule has 0 radical (unpaired) electrons. The zero-order valence-corrected chi connectivity index (χ0v) is 14.2. The van der Waals surface area contributed by atoms with Crippen molar-refractivity contribution in [3.05, 3.63) is 47.4 Å². The molecule has 2 aliphatic rings. The lowest BCUT2D eigenvalue weighted by atomic mass is 10.1. The molecule has 4 atom stereocenters. The van der Waals surface area contributed by atoms with Gasteiger partial charge in [-0.2, -0.15) is 4.98 Å². The van der Waals surface area contributed by atoms with Gasteiger partial charge in [-0.3, -0.25) is 4.79 Å². The number of amides is 1. The van der Waals surface area contributed by atoms with Gasteiger partial charge in [0.2, 0.25) is 11.8 Å². The highest BCUT2D eigenvalue weighted by Crippen LogP contribution is 2.50. The summed E-state index contributed by atoms with van der Waals surface area (Å²) >= 11 is 0. The van der Waals surface area contributed by atoms with Gasteiger partial charge in [-0.05, 0) is 30.9 Å². The highest BCUT2D eigenvalue weighted by atomic mass is 19.1. The number of halogens is 1. The smallest absolute Gasteiger partial charge is 0.249 e. The number of hydrogen-bond acceptors (Lipinski definition) is 5. The van der Waals surface area contributed by atoms with Crippen LogP contribution >= 0.6 is 0 Å². The molecule has 0 N–H and O–H groups in total. The first kappa shape index (κ1) is 16.2. The van der Waals surface area contributed by atoms with E-state index in [9.17, 15) is 9.18 Å². The summed E-state index contributed by atoms with van der Waals surface area (Å²) in [4.78, 5) is 19.0. The standard InChI is InChI=1S/C18H20FN3O3/c1-10-20-17(25-21-10)16-7-11(24-2)9-22(16)18(23)14-8-13(14)12-5-3-4-6-15(12)19/h3-6,11,13-14,16H,7-9H2,1-2H3/t11-,13-,14-,16+/m0/s1. The molecule has 0 unspecified atom stereocenters. The zero-order chi connectivity index (χ0) is 17.6. The third-order valence-corrected chi connectivity index (χ3v) is 5.12. The highest BCUT2D eigenvalue weighted by molar-refractivity contribution is 5.83. The predicted octanol–water partition coefficient (Wildman–Crippen LogP) is 2.61. The molecule has 6 nitrogen and oxygen atoms in total. The first-order valence-corrected chi connectivity index (χ1v) is 8.46. The van der Waals surface area contributed by atoms with Crippen LogP contribution in [-0.4, -0.2) is 40.7 Å². The Morgan fingerprint density at radius 3 is 2.84 bits per heavy atom. The molecule has 0 bridgehead atoms. The Balaban J connectivity index is 1.53. The average molecular weight is 345 g/mol. The van der Waals surface area contributed by atoms with E-state index in [1.807, 2.05) is 0 Å². The van der Waals surface area contributed by atoms with Gasteiger partial charge < -0.3 is 14.2 Å². The normalized spacial score (nSPS) is 28.4. The van der Waals surface area contributed by atoms with E-state index in [2.05, 4.69) is 10.1 Å². The number of benzene rings is 1. The Hall–Kier alpha value is -2.28. The molecular formula is C18H20FN3O3. The molecule has 1 aromatic heterocycles. The van der Waals surface area contributed by atoms with E-state index in [1.54, 1.807) is 37.1 Å². The number of likely N-dealkylation sites (tertiary alicyclic amines) is 1. The number of nitrogens with zero attached hydrogens (tertiary/aromatic N) is 3. The van der Waals surface area contributed by atoms with Gasteiger partial charge in [-0.1, -0.05) is 23.4 Å². The molecule has 1 aliphatic carbocycles. The van der Waals surface area contributed by atoms with Gasteiger partial charge in [0, 0.05) is 26.0 Å². The van der Waals surface area contributed by atoms with Crippen LogP contribution in [0.5, 0.6) is 0 Å². The van der Waals surface area contributed by atoms with Gasteiger partial charge in [-0.15, -0.1) is 0 Å². The van der Waals surface area contributed by atoms with Crippen molar-refractivity contribution in [2.45, 2.75) is 37.8 Å². The summed E-state index contributed by atoms with van der Waals surface area (Å²) in [6.07, 6.45) is 1.23. The number of rotatable bonds is 4. The summed E-state index contributed by atoms with van der Waals surface area (Å²) < 4.78 is 24.7. The summed E-state index contributed by atoms with van der Waals surface area (Å²) in [7, 11) is 1.63. The molecule has 2 fully saturated rings. The van der Waals surface area contributed by atoms with E-state index in [0.717, 1.165) is 0 Å². The van der Waals surface area contributed by atoms with Crippen molar-refractivity contribution in [3.63, 3.8) is 0 Å². The second kappa shape index (κ2) is 6.22. The van der Waals surface area contributed by atoms with Gasteiger partial charge in [0.05, 0.1) is 6.10 Å². The lowest BCUT2D eigenvalue weighted by molar-refractivity contribution is -0.134. The highest BCUT2D eigenvalue weighted by Gasteiger charge is 2.50. The average Bonchev–Trinajstić information content (AvgIpc) is 3.08. The van der Waals surface area contributed by atoms with Gasteiger partial charge in [0.1, 0.15) is 11.9 Å². The Labute approximate surface area is 145 Å². The van der Waals surface area contributed by atoms with E-state index in [-0.39, 0.29) is 35.7 Å². The van der Waals surface area contributed by atoms with Crippen LogP contribution in [-0.2, 0) is 9.53 Å². The van der Waals surface area contributed by atoms with E-state index < -0.39 is 0 Å². The van der Waals surface area contributed by atoms with Gasteiger partial charge >= 0.3 is 0 Å². The van der Waals surface area contributed by atoms with Crippen molar-refractivity contribution in [3.8, 4) is 0 Å².